The molecule has 8 heteroatoms. The number of carbonyl (C=O) groups is 2. The third-order valence-electron chi connectivity index (χ3n) is 11.2. The number of likely N-dealkylation sites (tertiary alicyclic amines) is 1. The zero-order chi connectivity index (χ0) is 30.4. The zero-order valence-corrected chi connectivity index (χ0v) is 26.3. The van der Waals surface area contributed by atoms with E-state index in [1.807, 2.05) is 30.3 Å². The molecule has 0 radical (unpaired) electrons. The number of unbranched alkanes of at least 4 members (excludes halogenated alkanes) is 1. The molecule has 0 spiro atoms. The smallest absolute Gasteiger partial charge is 0.404 e. The molecule has 2 aliphatic heterocycles. The second-order valence-corrected chi connectivity index (χ2v) is 14.2. The molecule has 5 aliphatic rings. The van der Waals surface area contributed by atoms with E-state index in [1.165, 1.54) is 17.5 Å². The highest BCUT2D eigenvalue weighted by atomic mass is 16.7. The van der Waals surface area contributed by atoms with Crippen molar-refractivity contribution in [3.05, 3.63) is 70.8 Å². The molecule has 3 saturated carbocycles. The minimum absolute atomic E-state index is 0.0553. The summed E-state index contributed by atoms with van der Waals surface area (Å²) in [5, 5.41) is 3.30. The van der Waals surface area contributed by atoms with E-state index < -0.39 is 13.2 Å². The summed E-state index contributed by atoms with van der Waals surface area (Å²) in [5.41, 5.74) is 9.94. The maximum absolute atomic E-state index is 13.9. The van der Waals surface area contributed by atoms with Crippen molar-refractivity contribution in [1.29, 1.82) is 0 Å². The van der Waals surface area contributed by atoms with Gasteiger partial charge in [-0.25, -0.2) is 0 Å². The topological polar surface area (TPSA) is 93.9 Å². The van der Waals surface area contributed by atoms with Gasteiger partial charge in [-0.15, -0.1) is 0 Å². The fourth-order valence-corrected chi connectivity index (χ4v) is 8.43. The summed E-state index contributed by atoms with van der Waals surface area (Å²) in [6.45, 7) is 10.2. The van der Waals surface area contributed by atoms with Crippen LogP contribution in [0.5, 0.6) is 0 Å². The van der Waals surface area contributed by atoms with Crippen LogP contribution >= 0.6 is 0 Å². The molecule has 2 aromatic carbocycles. The second kappa shape index (κ2) is 12.0. The lowest BCUT2D eigenvalue weighted by Crippen LogP contribution is -2.65. The van der Waals surface area contributed by atoms with Gasteiger partial charge in [0.2, 0.25) is 5.91 Å². The first-order valence-corrected chi connectivity index (χ1v) is 16.4. The Labute approximate surface area is 257 Å². The number of benzene rings is 2. The highest BCUT2D eigenvalue weighted by Gasteiger charge is 2.68. The zero-order valence-electron chi connectivity index (χ0n) is 26.3. The Kier molecular flexibility index (Phi) is 8.48. The number of amides is 2. The van der Waals surface area contributed by atoms with E-state index in [1.54, 1.807) is 4.90 Å². The Morgan fingerprint density at radius 3 is 2.70 bits per heavy atom. The van der Waals surface area contributed by atoms with Crippen LogP contribution in [-0.4, -0.2) is 60.6 Å². The van der Waals surface area contributed by atoms with Gasteiger partial charge in [0.15, 0.2) is 0 Å². The number of nitrogens with one attached hydrogen (secondary N) is 1. The van der Waals surface area contributed by atoms with Crippen molar-refractivity contribution >= 4 is 18.9 Å². The van der Waals surface area contributed by atoms with E-state index in [4.69, 9.17) is 15.0 Å². The monoisotopic (exact) mass is 585 g/mol. The molecular weight excluding hydrogens is 537 g/mol. The molecule has 2 saturated heterocycles. The van der Waals surface area contributed by atoms with Crippen LogP contribution in [0.15, 0.2) is 48.5 Å². The third-order valence-corrected chi connectivity index (χ3v) is 11.2. The van der Waals surface area contributed by atoms with E-state index in [0.29, 0.717) is 36.9 Å². The standard InChI is InChI=1S/C35H48BN3O4/c1-23-11-5-6-13-25(23)19-24-12-9-14-26(20-24)33(41)39-18-10-15-28(39)32(40)38-31(16-7-8-17-37)36-42-30-22-27-21-29(34(27,2)3)35(30,4)43-36/h5-6,9,11-14,20,27-31H,7-8,10,15-19,21-22,37H2,1-4H3,(H,38,40)/t27-,28-,29-,30+,31-,35-/m0/s1. The first-order valence-electron chi connectivity index (χ1n) is 16.4. The highest BCUT2D eigenvalue weighted by molar-refractivity contribution is 6.47. The molecule has 7 rings (SSSR count). The largest absolute Gasteiger partial charge is 0.481 e. The van der Waals surface area contributed by atoms with Crippen LogP contribution in [0.1, 0.15) is 92.8 Å². The molecule has 2 heterocycles. The van der Waals surface area contributed by atoms with Gasteiger partial charge in [-0.3, -0.25) is 9.59 Å². The van der Waals surface area contributed by atoms with Crippen LogP contribution in [0.3, 0.4) is 0 Å². The molecule has 0 aromatic heterocycles. The Morgan fingerprint density at radius 2 is 1.93 bits per heavy atom. The molecule has 0 unspecified atom stereocenters. The van der Waals surface area contributed by atoms with Crippen LogP contribution < -0.4 is 11.1 Å². The molecule has 5 fully saturated rings. The number of nitrogens with zero attached hydrogens (tertiary/aromatic N) is 1. The quantitative estimate of drug-likeness (QED) is 0.300. The fourth-order valence-electron chi connectivity index (χ4n) is 8.43. The number of carbonyl (C=O) groups excluding carboxylic acids is 2. The lowest BCUT2D eigenvalue weighted by molar-refractivity contribution is -0.199. The van der Waals surface area contributed by atoms with Crippen LogP contribution in [-0.2, 0) is 20.5 Å². The average Bonchev–Trinajstić information content (AvgIpc) is 3.62. The SMILES string of the molecule is Cc1ccccc1Cc1cccc(C(=O)N2CCC[C@H]2C(=O)N[C@@H](CCCCN)B2O[C@@H]3C[C@@H]4C[C@@H](C4(C)C)[C@]3(C)O2)c1. The Balaban J connectivity index is 1.14. The molecule has 2 aromatic rings. The van der Waals surface area contributed by atoms with Crippen LogP contribution in [0.4, 0.5) is 0 Å². The van der Waals surface area contributed by atoms with Gasteiger partial charge in [0.25, 0.3) is 5.91 Å². The van der Waals surface area contributed by atoms with Gasteiger partial charge in [-0.2, -0.15) is 0 Å². The van der Waals surface area contributed by atoms with Gasteiger partial charge in [0, 0.05) is 12.1 Å². The number of hydrogen-bond donors (Lipinski definition) is 2. The van der Waals surface area contributed by atoms with Gasteiger partial charge in [0.1, 0.15) is 6.04 Å². The third kappa shape index (κ3) is 5.67. The molecule has 230 valence electrons. The minimum Gasteiger partial charge on any atom is -0.404 e. The Hall–Kier alpha value is -2.68. The van der Waals surface area contributed by atoms with Crippen molar-refractivity contribution in [3.8, 4) is 0 Å². The summed E-state index contributed by atoms with van der Waals surface area (Å²) in [5.74, 6) is 0.640. The van der Waals surface area contributed by atoms with Crippen molar-refractivity contribution < 1.29 is 18.9 Å². The predicted octanol–water partition coefficient (Wildman–Crippen LogP) is 5.07. The van der Waals surface area contributed by atoms with Crippen LogP contribution in [0.2, 0.25) is 0 Å². The second-order valence-electron chi connectivity index (χ2n) is 14.2. The molecule has 6 atom stereocenters. The van der Waals surface area contributed by atoms with Crippen molar-refractivity contribution in [2.24, 2.45) is 23.0 Å². The van der Waals surface area contributed by atoms with E-state index in [9.17, 15) is 9.59 Å². The average molecular weight is 586 g/mol. The molecule has 43 heavy (non-hydrogen) atoms. The normalized spacial score (nSPS) is 29.6. The summed E-state index contributed by atoms with van der Waals surface area (Å²) < 4.78 is 13.3. The van der Waals surface area contributed by atoms with Crippen LogP contribution in [0.25, 0.3) is 0 Å². The van der Waals surface area contributed by atoms with E-state index in [0.717, 1.165) is 44.1 Å². The van der Waals surface area contributed by atoms with Gasteiger partial charge in [-0.1, -0.05) is 56.7 Å². The number of nitrogens with two attached hydrogens (primary N) is 1. The van der Waals surface area contributed by atoms with Crippen molar-refractivity contribution in [2.75, 3.05) is 13.1 Å². The Morgan fingerprint density at radius 1 is 1.12 bits per heavy atom. The number of rotatable bonds is 10. The molecule has 7 nitrogen and oxygen atoms in total. The van der Waals surface area contributed by atoms with E-state index in [2.05, 4.69) is 51.2 Å². The summed E-state index contributed by atoms with van der Waals surface area (Å²) in [7, 11) is -0.490. The lowest BCUT2D eigenvalue weighted by atomic mass is 9.43. The van der Waals surface area contributed by atoms with Crippen molar-refractivity contribution in [1.82, 2.24) is 10.2 Å². The Bertz CT molecular complexity index is 1350. The number of hydrogen-bond acceptors (Lipinski definition) is 5. The van der Waals surface area contributed by atoms with E-state index in [-0.39, 0.29) is 34.9 Å². The summed E-state index contributed by atoms with van der Waals surface area (Å²) in [6, 6.07) is 15.7. The van der Waals surface area contributed by atoms with Crippen LogP contribution in [0, 0.1) is 24.2 Å². The molecule has 2 bridgehead atoms. The number of aryl methyl sites for hydroxylation is 1. The minimum atomic E-state index is -0.504. The lowest BCUT2D eigenvalue weighted by Gasteiger charge is -2.64. The van der Waals surface area contributed by atoms with Gasteiger partial charge < -0.3 is 25.3 Å². The summed E-state index contributed by atoms with van der Waals surface area (Å²) in [6.07, 6.45) is 6.96. The molecule has 3 N–H and O–H groups in total. The highest BCUT2D eigenvalue weighted by Crippen LogP contribution is 2.65. The maximum atomic E-state index is 13.9. The van der Waals surface area contributed by atoms with E-state index >= 15 is 0 Å². The summed E-state index contributed by atoms with van der Waals surface area (Å²) >= 11 is 0. The van der Waals surface area contributed by atoms with Crippen molar-refractivity contribution in [3.63, 3.8) is 0 Å². The molecule has 2 amide bonds. The van der Waals surface area contributed by atoms with Gasteiger partial charge >= 0.3 is 7.12 Å². The maximum Gasteiger partial charge on any atom is 0.481 e. The van der Waals surface area contributed by atoms with Gasteiger partial charge in [-0.05, 0) is 111 Å². The first kappa shape index (κ1) is 30.4. The van der Waals surface area contributed by atoms with Gasteiger partial charge in [0.05, 0.1) is 17.6 Å². The molecule has 3 aliphatic carbocycles. The van der Waals surface area contributed by atoms with Crippen molar-refractivity contribution in [2.45, 2.75) is 103 Å². The first-order chi connectivity index (χ1) is 20.6. The fraction of sp³-hybridized carbons (Fsp3) is 0.600. The summed E-state index contributed by atoms with van der Waals surface area (Å²) in [4.78, 5) is 29.4. The predicted molar refractivity (Wildman–Crippen MR) is 169 cm³/mol. The molecular formula is C35H48BN3O4.